The Morgan fingerprint density at radius 1 is 1.29 bits per heavy atom. The second kappa shape index (κ2) is 7.39. The highest BCUT2D eigenvalue weighted by molar-refractivity contribution is 7.92. The number of amides is 3. The van der Waals surface area contributed by atoms with E-state index in [1.165, 1.54) is 0 Å². The second-order valence-corrected chi connectivity index (χ2v) is 7.25. The van der Waals surface area contributed by atoms with E-state index in [-0.39, 0.29) is 6.42 Å². The summed E-state index contributed by atoms with van der Waals surface area (Å²) >= 11 is 0. The van der Waals surface area contributed by atoms with E-state index in [9.17, 15) is 22.8 Å². The first-order valence-electron chi connectivity index (χ1n) is 6.83. The monoisotopic (exact) mass is 320 g/mol. The van der Waals surface area contributed by atoms with Crippen LogP contribution in [0.5, 0.6) is 0 Å². The Balaban J connectivity index is 2.69. The van der Waals surface area contributed by atoms with E-state index in [0.29, 0.717) is 6.42 Å². The minimum atomic E-state index is -4.02. The zero-order valence-corrected chi connectivity index (χ0v) is 12.6. The molecule has 120 valence electrons. The fourth-order valence-corrected chi connectivity index (χ4v) is 3.90. The third kappa shape index (κ3) is 5.00. The average molecular weight is 320 g/mol. The van der Waals surface area contributed by atoms with Gasteiger partial charge in [0, 0.05) is 0 Å². The lowest BCUT2D eigenvalue weighted by Gasteiger charge is -2.15. The standard InChI is InChI=1S/C12H20N2O6S/c1-2-3-4-5-6-9(11(16)17)21(19,20)7-8-10(15)14-12(18)13-8/h8-9H,2-7H2,1H3,(H,16,17)(H2,13,14,15,18). The molecule has 0 radical (unpaired) electrons. The molecule has 1 aliphatic heterocycles. The number of carboxylic acids is 1. The molecule has 0 aromatic carbocycles. The Kier molecular flexibility index (Phi) is 6.13. The topological polar surface area (TPSA) is 130 Å². The average Bonchev–Trinajstić information content (AvgIpc) is 2.66. The summed E-state index contributed by atoms with van der Waals surface area (Å²) in [5.41, 5.74) is 0. The van der Waals surface area contributed by atoms with Crippen LogP contribution in [0.25, 0.3) is 0 Å². The molecule has 2 unspecified atom stereocenters. The van der Waals surface area contributed by atoms with E-state index in [4.69, 9.17) is 5.11 Å². The zero-order valence-electron chi connectivity index (χ0n) is 11.8. The lowest BCUT2D eigenvalue weighted by Crippen LogP contribution is -2.42. The Labute approximate surface area is 123 Å². The van der Waals surface area contributed by atoms with Crippen LogP contribution in [-0.2, 0) is 19.4 Å². The molecule has 0 bridgehead atoms. The van der Waals surface area contributed by atoms with E-state index in [2.05, 4.69) is 5.32 Å². The number of nitrogens with one attached hydrogen (secondary N) is 2. The van der Waals surface area contributed by atoms with Crippen LogP contribution in [0.3, 0.4) is 0 Å². The number of urea groups is 1. The Morgan fingerprint density at radius 3 is 2.43 bits per heavy atom. The van der Waals surface area contributed by atoms with Gasteiger partial charge in [-0.25, -0.2) is 13.2 Å². The molecule has 0 saturated carbocycles. The van der Waals surface area contributed by atoms with Crippen LogP contribution < -0.4 is 10.6 Å². The summed E-state index contributed by atoms with van der Waals surface area (Å²) in [6.07, 6.45) is 3.13. The van der Waals surface area contributed by atoms with Gasteiger partial charge in [-0.05, 0) is 6.42 Å². The zero-order chi connectivity index (χ0) is 16.0. The summed E-state index contributed by atoms with van der Waals surface area (Å²) in [6.45, 7) is 1.99. The Hall–Kier alpha value is -1.64. The first-order valence-corrected chi connectivity index (χ1v) is 8.55. The number of unbranched alkanes of at least 4 members (excludes halogenated alkanes) is 3. The molecule has 3 N–H and O–H groups in total. The fourth-order valence-electron chi connectivity index (χ4n) is 2.14. The van der Waals surface area contributed by atoms with Crippen molar-refractivity contribution >= 4 is 27.7 Å². The van der Waals surface area contributed by atoms with Crippen LogP contribution in [0.2, 0.25) is 0 Å². The molecule has 1 aliphatic rings. The van der Waals surface area contributed by atoms with E-state index < -0.39 is 44.8 Å². The number of hydrogen-bond donors (Lipinski definition) is 3. The number of carbonyl (C=O) groups is 3. The predicted octanol–water partition coefficient (Wildman–Crippen LogP) is 0.0328. The molecule has 2 atom stereocenters. The highest BCUT2D eigenvalue weighted by Gasteiger charge is 2.39. The highest BCUT2D eigenvalue weighted by atomic mass is 32.2. The molecule has 1 fully saturated rings. The molecular formula is C12H20N2O6S. The van der Waals surface area contributed by atoms with Gasteiger partial charge in [-0.1, -0.05) is 32.6 Å². The molecule has 1 rings (SSSR count). The van der Waals surface area contributed by atoms with Gasteiger partial charge in [-0.15, -0.1) is 0 Å². The quantitative estimate of drug-likeness (QED) is 0.406. The molecule has 0 aromatic rings. The van der Waals surface area contributed by atoms with Gasteiger partial charge in [0.2, 0.25) is 0 Å². The lowest BCUT2D eigenvalue weighted by atomic mass is 10.1. The SMILES string of the molecule is CCCCCCC(C(=O)O)S(=O)(=O)CC1NC(=O)NC1=O. The summed E-state index contributed by atoms with van der Waals surface area (Å²) in [7, 11) is -4.02. The maximum atomic E-state index is 12.1. The van der Waals surface area contributed by atoms with Gasteiger partial charge in [0.05, 0.1) is 5.75 Å². The second-order valence-electron chi connectivity index (χ2n) is 5.02. The van der Waals surface area contributed by atoms with Gasteiger partial charge < -0.3 is 10.4 Å². The molecule has 1 heterocycles. The number of carboxylic acid groups (broad SMARTS) is 1. The van der Waals surface area contributed by atoms with Gasteiger partial charge in [0.25, 0.3) is 5.91 Å². The van der Waals surface area contributed by atoms with Gasteiger partial charge >= 0.3 is 12.0 Å². The van der Waals surface area contributed by atoms with Crippen molar-refractivity contribution < 1.29 is 27.9 Å². The van der Waals surface area contributed by atoms with Crippen molar-refractivity contribution in [3.63, 3.8) is 0 Å². The van der Waals surface area contributed by atoms with Crippen molar-refractivity contribution in [2.24, 2.45) is 0 Å². The predicted molar refractivity (Wildman–Crippen MR) is 74.4 cm³/mol. The molecule has 1 saturated heterocycles. The molecule has 0 spiro atoms. The summed E-state index contributed by atoms with van der Waals surface area (Å²) in [5.74, 6) is -2.87. The Morgan fingerprint density at radius 2 is 1.95 bits per heavy atom. The van der Waals surface area contributed by atoms with E-state index in [1.54, 1.807) is 0 Å². The maximum absolute atomic E-state index is 12.1. The third-order valence-electron chi connectivity index (χ3n) is 3.29. The van der Waals surface area contributed by atoms with Crippen molar-refractivity contribution in [3.8, 4) is 0 Å². The van der Waals surface area contributed by atoms with Crippen LogP contribution in [0.4, 0.5) is 4.79 Å². The molecule has 8 nitrogen and oxygen atoms in total. The summed E-state index contributed by atoms with van der Waals surface area (Å²) in [5, 5.41) is 11.6. The van der Waals surface area contributed by atoms with Crippen LogP contribution >= 0.6 is 0 Å². The van der Waals surface area contributed by atoms with E-state index in [1.807, 2.05) is 12.2 Å². The molecule has 0 aliphatic carbocycles. The summed E-state index contributed by atoms with van der Waals surface area (Å²) in [6, 6.07) is -1.99. The van der Waals surface area contributed by atoms with Gasteiger partial charge in [0.15, 0.2) is 15.1 Å². The van der Waals surface area contributed by atoms with Crippen molar-refractivity contribution in [3.05, 3.63) is 0 Å². The molecule has 9 heteroatoms. The smallest absolute Gasteiger partial charge is 0.322 e. The number of carbonyl (C=O) groups excluding carboxylic acids is 2. The van der Waals surface area contributed by atoms with E-state index in [0.717, 1.165) is 19.3 Å². The van der Waals surface area contributed by atoms with Gasteiger partial charge in [0.1, 0.15) is 6.04 Å². The summed E-state index contributed by atoms with van der Waals surface area (Å²) < 4.78 is 24.3. The fraction of sp³-hybridized carbons (Fsp3) is 0.750. The number of sulfone groups is 1. The molecular weight excluding hydrogens is 300 g/mol. The number of rotatable bonds is 9. The van der Waals surface area contributed by atoms with E-state index >= 15 is 0 Å². The minimum absolute atomic E-state index is 0.0138. The van der Waals surface area contributed by atoms with Crippen LogP contribution in [-0.4, -0.2) is 48.5 Å². The Bertz CT molecular complexity index is 516. The molecule has 0 aromatic heterocycles. The largest absolute Gasteiger partial charge is 0.480 e. The van der Waals surface area contributed by atoms with Crippen molar-refractivity contribution in [2.45, 2.75) is 50.3 Å². The van der Waals surface area contributed by atoms with Gasteiger partial charge in [-0.2, -0.15) is 0 Å². The maximum Gasteiger partial charge on any atom is 0.322 e. The van der Waals surface area contributed by atoms with Gasteiger partial charge in [-0.3, -0.25) is 14.9 Å². The third-order valence-corrected chi connectivity index (χ3v) is 5.39. The summed E-state index contributed by atoms with van der Waals surface area (Å²) in [4.78, 5) is 33.5. The van der Waals surface area contributed by atoms with Crippen LogP contribution in [0, 0.1) is 0 Å². The molecule has 21 heavy (non-hydrogen) atoms. The number of hydrogen-bond acceptors (Lipinski definition) is 5. The normalized spacial score (nSPS) is 20.0. The van der Waals surface area contributed by atoms with Crippen LogP contribution in [0.1, 0.15) is 39.0 Å². The molecule has 3 amide bonds. The first-order chi connectivity index (χ1) is 9.77. The number of aliphatic carboxylic acids is 1. The van der Waals surface area contributed by atoms with Crippen molar-refractivity contribution in [1.82, 2.24) is 10.6 Å². The van der Waals surface area contributed by atoms with Crippen molar-refractivity contribution in [1.29, 1.82) is 0 Å². The number of imide groups is 1. The lowest BCUT2D eigenvalue weighted by molar-refractivity contribution is -0.136. The van der Waals surface area contributed by atoms with Crippen LogP contribution in [0.15, 0.2) is 0 Å². The highest BCUT2D eigenvalue weighted by Crippen LogP contribution is 2.15. The first kappa shape index (κ1) is 17.4. The minimum Gasteiger partial charge on any atom is -0.480 e. The van der Waals surface area contributed by atoms with Crippen molar-refractivity contribution in [2.75, 3.05) is 5.75 Å².